The molecule has 1 N–H and O–H groups in total. The van der Waals surface area contributed by atoms with Crippen molar-refractivity contribution < 1.29 is 0 Å². The van der Waals surface area contributed by atoms with E-state index in [2.05, 4.69) is 42.8 Å². The Balaban J connectivity index is 1.60. The number of rotatable bonds is 6. The summed E-state index contributed by atoms with van der Waals surface area (Å²) in [6, 6.07) is 1.49. The summed E-state index contributed by atoms with van der Waals surface area (Å²) in [5.74, 6) is 1.69. The van der Waals surface area contributed by atoms with Crippen LogP contribution >= 0.6 is 0 Å². The Kier molecular flexibility index (Phi) is 6.31. The van der Waals surface area contributed by atoms with Crippen molar-refractivity contribution in [3.63, 3.8) is 0 Å². The first-order valence-electron chi connectivity index (χ1n) is 8.74. The van der Waals surface area contributed by atoms with Crippen LogP contribution in [0.5, 0.6) is 0 Å². The minimum Gasteiger partial charge on any atom is -0.314 e. The SMILES string of the molecule is CC(C)CN1CCC(NCC2CCN(C(C)C)C2)CC1. The van der Waals surface area contributed by atoms with Crippen LogP contribution in [0.4, 0.5) is 0 Å². The molecule has 0 aliphatic carbocycles. The fourth-order valence-electron chi connectivity index (χ4n) is 3.67. The van der Waals surface area contributed by atoms with Crippen LogP contribution in [0.1, 0.15) is 47.0 Å². The molecule has 1 unspecified atom stereocenters. The first kappa shape index (κ1) is 16.3. The van der Waals surface area contributed by atoms with Crippen LogP contribution in [0.25, 0.3) is 0 Å². The number of likely N-dealkylation sites (tertiary alicyclic amines) is 2. The fourth-order valence-corrected chi connectivity index (χ4v) is 3.67. The number of nitrogens with zero attached hydrogens (tertiary/aromatic N) is 2. The van der Waals surface area contributed by atoms with E-state index in [4.69, 9.17) is 0 Å². The second-order valence-corrected chi connectivity index (χ2v) is 7.62. The smallest absolute Gasteiger partial charge is 0.00915 e. The highest BCUT2D eigenvalue weighted by Crippen LogP contribution is 2.19. The Morgan fingerprint density at radius 3 is 2.25 bits per heavy atom. The van der Waals surface area contributed by atoms with Gasteiger partial charge in [0.25, 0.3) is 0 Å². The highest BCUT2D eigenvalue weighted by molar-refractivity contribution is 4.83. The zero-order chi connectivity index (χ0) is 14.5. The van der Waals surface area contributed by atoms with Crippen LogP contribution < -0.4 is 5.32 Å². The third kappa shape index (κ3) is 5.01. The lowest BCUT2D eigenvalue weighted by Gasteiger charge is -2.34. The Hall–Kier alpha value is -0.120. The van der Waals surface area contributed by atoms with Gasteiger partial charge in [0.1, 0.15) is 0 Å². The molecule has 118 valence electrons. The molecule has 0 aromatic rings. The molecule has 2 aliphatic heterocycles. The average molecular weight is 281 g/mol. The highest BCUT2D eigenvalue weighted by atomic mass is 15.2. The van der Waals surface area contributed by atoms with E-state index in [-0.39, 0.29) is 0 Å². The van der Waals surface area contributed by atoms with Crippen molar-refractivity contribution in [1.82, 2.24) is 15.1 Å². The van der Waals surface area contributed by atoms with E-state index in [0.29, 0.717) is 0 Å². The van der Waals surface area contributed by atoms with Gasteiger partial charge in [0, 0.05) is 25.2 Å². The molecule has 0 saturated carbocycles. The topological polar surface area (TPSA) is 18.5 Å². The predicted octanol–water partition coefficient (Wildman–Crippen LogP) is 2.43. The molecule has 2 saturated heterocycles. The van der Waals surface area contributed by atoms with Crippen LogP contribution in [0.2, 0.25) is 0 Å². The summed E-state index contributed by atoms with van der Waals surface area (Å²) in [5.41, 5.74) is 0. The molecule has 2 aliphatic rings. The van der Waals surface area contributed by atoms with Gasteiger partial charge in [0.15, 0.2) is 0 Å². The number of nitrogens with one attached hydrogen (secondary N) is 1. The number of hydrogen-bond donors (Lipinski definition) is 1. The quantitative estimate of drug-likeness (QED) is 0.807. The monoisotopic (exact) mass is 281 g/mol. The van der Waals surface area contributed by atoms with Crippen molar-refractivity contribution in [3.8, 4) is 0 Å². The van der Waals surface area contributed by atoms with Gasteiger partial charge < -0.3 is 15.1 Å². The molecule has 3 heteroatoms. The van der Waals surface area contributed by atoms with E-state index < -0.39 is 0 Å². The van der Waals surface area contributed by atoms with E-state index in [1.165, 1.54) is 58.5 Å². The van der Waals surface area contributed by atoms with Crippen LogP contribution in [0.3, 0.4) is 0 Å². The fraction of sp³-hybridized carbons (Fsp3) is 1.00. The van der Waals surface area contributed by atoms with Crippen molar-refractivity contribution >= 4 is 0 Å². The van der Waals surface area contributed by atoms with Gasteiger partial charge in [-0.2, -0.15) is 0 Å². The maximum Gasteiger partial charge on any atom is 0.00915 e. The molecular weight excluding hydrogens is 246 g/mol. The van der Waals surface area contributed by atoms with E-state index in [0.717, 1.165) is 23.9 Å². The maximum absolute atomic E-state index is 3.84. The van der Waals surface area contributed by atoms with Gasteiger partial charge in [-0.1, -0.05) is 13.8 Å². The summed E-state index contributed by atoms with van der Waals surface area (Å²) in [6.45, 7) is 17.0. The van der Waals surface area contributed by atoms with Crippen molar-refractivity contribution in [2.24, 2.45) is 11.8 Å². The van der Waals surface area contributed by atoms with Crippen LogP contribution in [-0.4, -0.2) is 61.2 Å². The van der Waals surface area contributed by atoms with Gasteiger partial charge in [0.05, 0.1) is 0 Å². The van der Waals surface area contributed by atoms with Gasteiger partial charge in [0.2, 0.25) is 0 Å². The molecule has 3 nitrogen and oxygen atoms in total. The minimum atomic E-state index is 0.722. The molecule has 2 heterocycles. The second kappa shape index (κ2) is 7.77. The van der Waals surface area contributed by atoms with E-state index in [1.54, 1.807) is 0 Å². The van der Waals surface area contributed by atoms with Crippen LogP contribution in [0.15, 0.2) is 0 Å². The van der Waals surface area contributed by atoms with E-state index in [1.807, 2.05) is 0 Å². The van der Waals surface area contributed by atoms with Crippen LogP contribution in [0, 0.1) is 11.8 Å². The highest BCUT2D eigenvalue weighted by Gasteiger charge is 2.25. The molecule has 0 radical (unpaired) electrons. The standard InChI is InChI=1S/C17H35N3/c1-14(2)12-19-8-6-17(7-9-19)18-11-16-5-10-20(13-16)15(3)4/h14-18H,5-13H2,1-4H3. The molecule has 2 fully saturated rings. The normalized spacial score (nSPS) is 27.0. The maximum atomic E-state index is 3.84. The first-order valence-corrected chi connectivity index (χ1v) is 8.74. The predicted molar refractivity (Wildman–Crippen MR) is 87.1 cm³/mol. The summed E-state index contributed by atoms with van der Waals surface area (Å²) in [7, 11) is 0. The zero-order valence-electron chi connectivity index (χ0n) is 14.1. The van der Waals surface area contributed by atoms with Crippen molar-refractivity contribution in [3.05, 3.63) is 0 Å². The molecule has 20 heavy (non-hydrogen) atoms. The average Bonchev–Trinajstić information content (AvgIpc) is 2.86. The molecule has 1 atom stereocenters. The lowest BCUT2D eigenvalue weighted by Crippen LogP contribution is -2.45. The summed E-state index contributed by atoms with van der Waals surface area (Å²) in [5, 5.41) is 3.84. The molecule has 0 spiro atoms. The molecule has 0 aromatic carbocycles. The first-order chi connectivity index (χ1) is 9.54. The summed E-state index contributed by atoms with van der Waals surface area (Å²) in [6.07, 6.45) is 4.07. The van der Waals surface area contributed by atoms with Crippen molar-refractivity contribution in [2.45, 2.75) is 59.0 Å². The molecular formula is C17H35N3. The zero-order valence-corrected chi connectivity index (χ0v) is 14.1. The Morgan fingerprint density at radius 2 is 1.70 bits per heavy atom. The molecule has 0 bridgehead atoms. The molecule has 0 amide bonds. The lowest BCUT2D eigenvalue weighted by atomic mass is 10.0. The third-order valence-corrected chi connectivity index (χ3v) is 4.95. The Morgan fingerprint density at radius 1 is 1.00 bits per heavy atom. The van der Waals surface area contributed by atoms with Crippen molar-refractivity contribution in [2.75, 3.05) is 39.3 Å². The van der Waals surface area contributed by atoms with E-state index in [9.17, 15) is 0 Å². The van der Waals surface area contributed by atoms with Gasteiger partial charge >= 0.3 is 0 Å². The lowest BCUT2D eigenvalue weighted by molar-refractivity contribution is 0.177. The van der Waals surface area contributed by atoms with Gasteiger partial charge in [-0.05, 0) is 71.1 Å². The Bertz CT molecular complexity index is 269. The van der Waals surface area contributed by atoms with Gasteiger partial charge in [-0.15, -0.1) is 0 Å². The van der Waals surface area contributed by atoms with E-state index >= 15 is 0 Å². The molecule has 2 rings (SSSR count). The summed E-state index contributed by atoms with van der Waals surface area (Å²) in [4.78, 5) is 5.26. The summed E-state index contributed by atoms with van der Waals surface area (Å²) < 4.78 is 0. The summed E-state index contributed by atoms with van der Waals surface area (Å²) >= 11 is 0. The number of hydrogen-bond acceptors (Lipinski definition) is 3. The minimum absolute atomic E-state index is 0.722. The third-order valence-electron chi connectivity index (χ3n) is 4.95. The van der Waals surface area contributed by atoms with Crippen LogP contribution in [-0.2, 0) is 0 Å². The van der Waals surface area contributed by atoms with Gasteiger partial charge in [-0.3, -0.25) is 0 Å². The van der Waals surface area contributed by atoms with Crippen molar-refractivity contribution in [1.29, 1.82) is 0 Å². The number of piperidine rings is 1. The van der Waals surface area contributed by atoms with Gasteiger partial charge in [-0.25, -0.2) is 0 Å². The second-order valence-electron chi connectivity index (χ2n) is 7.62. The molecule has 0 aromatic heterocycles. The Labute approximate surface area is 126 Å². The largest absolute Gasteiger partial charge is 0.314 e.